The molecule has 0 aliphatic rings. The fourth-order valence-corrected chi connectivity index (χ4v) is 3.42. The molecule has 0 spiro atoms. The van der Waals surface area contributed by atoms with Crippen LogP contribution in [0.3, 0.4) is 0 Å². The Morgan fingerprint density at radius 3 is 1.88 bits per heavy atom. The molecule has 0 bridgehead atoms. The lowest BCUT2D eigenvalue weighted by molar-refractivity contribution is -0.160. The van der Waals surface area contributed by atoms with Crippen molar-refractivity contribution < 1.29 is 38.1 Å². The fourth-order valence-electron chi connectivity index (χ4n) is 3.42. The van der Waals surface area contributed by atoms with E-state index in [1.165, 1.54) is 6.08 Å². The summed E-state index contributed by atoms with van der Waals surface area (Å²) in [5, 5.41) is 0. The molecule has 0 aliphatic heterocycles. The molecule has 0 amide bonds. The van der Waals surface area contributed by atoms with Gasteiger partial charge in [-0.2, -0.15) is 0 Å². The minimum atomic E-state index is -0.628. The van der Waals surface area contributed by atoms with Gasteiger partial charge in [0.05, 0.1) is 16.9 Å². The summed E-state index contributed by atoms with van der Waals surface area (Å²) in [6.07, 6.45) is 4.70. The van der Waals surface area contributed by atoms with Crippen LogP contribution in [0.4, 0.5) is 0 Å². The molecule has 0 N–H and O–H groups in total. The van der Waals surface area contributed by atoms with Gasteiger partial charge in [0.1, 0.15) is 17.2 Å². The summed E-state index contributed by atoms with van der Waals surface area (Å²) in [6, 6.07) is 10.3. The predicted molar refractivity (Wildman–Crippen MR) is 158 cm³/mol. The molecule has 224 valence electrons. The summed E-state index contributed by atoms with van der Waals surface area (Å²) in [4.78, 5) is 36.9. The number of esters is 2. The average Bonchev–Trinajstić information content (AvgIpc) is 2.87. The Morgan fingerprint density at radius 1 is 0.805 bits per heavy atom. The molecule has 0 heterocycles. The van der Waals surface area contributed by atoms with E-state index >= 15 is 0 Å². The summed E-state index contributed by atoms with van der Waals surface area (Å²) < 4.78 is 27.7. The maximum atomic E-state index is 12.9. The second-order valence-electron chi connectivity index (χ2n) is 12.0. The fraction of sp³-hybridized carbons (Fsp3) is 0.485. The van der Waals surface area contributed by atoms with E-state index in [4.69, 9.17) is 23.7 Å². The molecule has 8 nitrogen and oxygen atoms in total. The number of carbonyl (C=O) groups is 3. The van der Waals surface area contributed by atoms with E-state index in [2.05, 4.69) is 6.92 Å². The Bertz CT molecular complexity index is 1210. The van der Waals surface area contributed by atoms with Crippen LogP contribution in [0.2, 0.25) is 0 Å². The first-order valence-electron chi connectivity index (χ1n) is 13.9. The van der Waals surface area contributed by atoms with Crippen molar-refractivity contribution in [2.45, 2.75) is 81.3 Å². The second-order valence-corrected chi connectivity index (χ2v) is 12.0. The smallest absolute Gasteiger partial charge is 0.314 e. The first kappa shape index (κ1) is 33.4. The molecule has 2 rings (SSSR count). The molecule has 2 aromatic carbocycles. The Kier molecular flexibility index (Phi) is 12.0. The minimum Gasteiger partial charge on any atom is -0.490 e. The van der Waals surface area contributed by atoms with Crippen LogP contribution in [0, 0.1) is 10.8 Å². The largest absolute Gasteiger partial charge is 0.490 e. The number of hydrogen-bond acceptors (Lipinski definition) is 8. The molecule has 0 atom stereocenters. The van der Waals surface area contributed by atoms with Gasteiger partial charge in [-0.05, 0) is 110 Å². The number of hydrogen-bond donors (Lipinski definition) is 0. The first-order valence-corrected chi connectivity index (χ1v) is 13.9. The van der Waals surface area contributed by atoms with E-state index in [0.29, 0.717) is 22.8 Å². The van der Waals surface area contributed by atoms with Gasteiger partial charge in [-0.25, -0.2) is 0 Å². The Labute approximate surface area is 244 Å². The molecule has 0 unspecified atom stereocenters. The van der Waals surface area contributed by atoms with E-state index in [9.17, 15) is 14.4 Å². The quantitative estimate of drug-likeness (QED) is 0.109. The van der Waals surface area contributed by atoms with E-state index in [1.54, 1.807) is 78.0 Å². The van der Waals surface area contributed by atoms with Crippen molar-refractivity contribution >= 4 is 23.8 Å². The number of ketones is 1. The van der Waals surface area contributed by atoms with Gasteiger partial charge in [-0.3, -0.25) is 14.4 Å². The Morgan fingerprint density at radius 2 is 1.37 bits per heavy atom. The molecule has 0 fully saturated rings. The van der Waals surface area contributed by atoms with Crippen LogP contribution in [0.1, 0.15) is 90.2 Å². The van der Waals surface area contributed by atoms with Crippen molar-refractivity contribution in [3.05, 3.63) is 59.2 Å². The molecular formula is C33H44O8. The normalized spacial score (nSPS) is 11.9. The number of benzene rings is 2. The third-order valence-electron chi connectivity index (χ3n) is 5.67. The van der Waals surface area contributed by atoms with Crippen molar-refractivity contribution in [1.82, 2.24) is 0 Å². The van der Waals surface area contributed by atoms with Crippen LogP contribution in [0.15, 0.2) is 42.5 Å². The maximum absolute atomic E-state index is 12.9. The molecule has 0 aromatic heterocycles. The zero-order valence-electron chi connectivity index (χ0n) is 25.8. The highest BCUT2D eigenvalue weighted by atomic mass is 16.7. The standard InChI is InChI=1S/C33H44O8/c1-10-11-24-18-25(29(41-22(2)3)19-28(24)38-21-40-31(36)33(7,8)9)14-17-27(34)23-12-15-26(16-13-23)37-20-39-30(35)32(4,5)6/h12-19,22H,10-11,20-21H2,1-9H3. The Hall–Kier alpha value is -3.81. The number of carbonyl (C=O) groups excluding carboxylic acids is 3. The van der Waals surface area contributed by atoms with Gasteiger partial charge in [0.2, 0.25) is 13.6 Å². The van der Waals surface area contributed by atoms with Gasteiger partial charge < -0.3 is 23.7 Å². The van der Waals surface area contributed by atoms with Crippen LogP contribution < -0.4 is 14.2 Å². The van der Waals surface area contributed by atoms with Crippen molar-refractivity contribution in [3.8, 4) is 17.2 Å². The topological polar surface area (TPSA) is 97.4 Å². The third kappa shape index (κ3) is 10.9. The second kappa shape index (κ2) is 14.7. The average molecular weight is 569 g/mol. The number of aryl methyl sites for hydroxylation is 1. The van der Waals surface area contributed by atoms with Crippen LogP contribution in [-0.4, -0.2) is 37.4 Å². The van der Waals surface area contributed by atoms with Crippen molar-refractivity contribution in [2.24, 2.45) is 10.8 Å². The van der Waals surface area contributed by atoms with Crippen LogP contribution in [0.5, 0.6) is 17.2 Å². The van der Waals surface area contributed by atoms with E-state index in [1.807, 2.05) is 19.9 Å². The van der Waals surface area contributed by atoms with Crippen LogP contribution in [-0.2, 0) is 25.5 Å². The lowest BCUT2D eigenvalue weighted by Crippen LogP contribution is -2.24. The van der Waals surface area contributed by atoms with Crippen LogP contribution >= 0.6 is 0 Å². The third-order valence-corrected chi connectivity index (χ3v) is 5.67. The Balaban J connectivity index is 2.17. The van der Waals surface area contributed by atoms with Crippen molar-refractivity contribution in [3.63, 3.8) is 0 Å². The number of allylic oxidation sites excluding steroid dienone is 1. The van der Waals surface area contributed by atoms with Gasteiger partial charge in [-0.15, -0.1) is 0 Å². The molecule has 0 saturated heterocycles. The summed E-state index contributed by atoms with van der Waals surface area (Å²) in [7, 11) is 0. The SMILES string of the molecule is CCCc1cc(C=CC(=O)c2ccc(OCOC(=O)C(C)(C)C)cc2)c(OC(C)C)cc1OCOC(=O)C(C)(C)C. The summed E-state index contributed by atoms with van der Waals surface area (Å²) in [5.74, 6) is 0.687. The van der Waals surface area contributed by atoms with Crippen LogP contribution in [0.25, 0.3) is 6.08 Å². The molecule has 0 saturated carbocycles. The summed E-state index contributed by atoms with van der Waals surface area (Å²) in [6.45, 7) is 16.1. The van der Waals surface area contributed by atoms with Gasteiger partial charge >= 0.3 is 11.9 Å². The monoisotopic (exact) mass is 568 g/mol. The highest BCUT2D eigenvalue weighted by Crippen LogP contribution is 2.32. The van der Waals surface area contributed by atoms with E-state index in [0.717, 1.165) is 24.0 Å². The van der Waals surface area contributed by atoms with Gasteiger partial charge in [0.25, 0.3) is 0 Å². The first-order chi connectivity index (χ1) is 19.1. The zero-order valence-corrected chi connectivity index (χ0v) is 25.8. The molecule has 0 radical (unpaired) electrons. The number of rotatable bonds is 13. The zero-order chi connectivity index (χ0) is 30.8. The highest BCUT2D eigenvalue weighted by molar-refractivity contribution is 6.07. The summed E-state index contributed by atoms with van der Waals surface area (Å²) in [5.41, 5.74) is 0.876. The lowest BCUT2D eigenvalue weighted by atomic mass is 9.97. The van der Waals surface area contributed by atoms with Crippen molar-refractivity contribution in [2.75, 3.05) is 13.6 Å². The van der Waals surface area contributed by atoms with Gasteiger partial charge in [0, 0.05) is 17.2 Å². The highest BCUT2D eigenvalue weighted by Gasteiger charge is 2.24. The van der Waals surface area contributed by atoms with E-state index < -0.39 is 10.8 Å². The maximum Gasteiger partial charge on any atom is 0.314 e. The lowest BCUT2D eigenvalue weighted by Gasteiger charge is -2.19. The molecular weight excluding hydrogens is 524 g/mol. The van der Waals surface area contributed by atoms with Gasteiger partial charge in [0.15, 0.2) is 5.78 Å². The van der Waals surface area contributed by atoms with Crippen molar-refractivity contribution in [1.29, 1.82) is 0 Å². The molecule has 8 heteroatoms. The minimum absolute atomic E-state index is 0.114. The predicted octanol–water partition coefficient (Wildman–Crippen LogP) is 7.17. The molecule has 41 heavy (non-hydrogen) atoms. The summed E-state index contributed by atoms with van der Waals surface area (Å²) >= 11 is 0. The molecule has 2 aromatic rings. The molecule has 0 aliphatic carbocycles. The van der Waals surface area contributed by atoms with E-state index in [-0.39, 0.29) is 37.4 Å². The number of ether oxygens (including phenoxy) is 5. The van der Waals surface area contributed by atoms with Gasteiger partial charge in [-0.1, -0.05) is 13.3 Å².